The van der Waals surface area contributed by atoms with Crippen molar-refractivity contribution in [2.75, 3.05) is 42.9 Å². The first kappa shape index (κ1) is 18.6. The van der Waals surface area contributed by atoms with Crippen LogP contribution in [-0.2, 0) is 0 Å². The molecule has 2 heterocycles. The van der Waals surface area contributed by atoms with E-state index < -0.39 is 4.92 Å². The molecule has 1 aromatic heterocycles. The maximum Gasteiger partial charge on any atom is 0.270 e. The average molecular weight is 370 g/mol. The minimum absolute atomic E-state index is 0.0800. The number of hydrogen-bond donors (Lipinski definition) is 1. The van der Waals surface area contributed by atoms with Gasteiger partial charge in [-0.2, -0.15) is 4.98 Å². The Morgan fingerprint density at radius 3 is 2.63 bits per heavy atom. The number of aromatic nitrogens is 2. The number of anilines is 2. The number of nitrogens with zero attached hydrogens (tertiary/aromatic N) is 5. The lowest BCUT2D eigenvalue weighted by atomic mass is 10.1. The lowest BCUT2D eigenvalue weighted by Crippen LogP contribution is -2.49. The molecule has 0 radical (unpaired) electrons. The standard InChI is InChI=1S/C18H22N6O3/c1-3-19-16-11-13(2)20-18(21-16)23-9-7-22(8-10-23)17(25)14-5-4-6-15(12-14)24(26)27/h4-6,11-12H,3,7-10H2,1-2H3,(H,19,20,21). The number of rotatable bonds is 5. The Bertz CT molecular complexity index is 849. The van der Waals surface area contributed by atoms with Gasteiger partial charge in [-0.05, 0) is 19.9 Å². The maximum atomic E-state index is 12.7. The summed E-state index contributed by atoms with van der Waals surface area (Å²) in [4.78, 5) is 35.8. The SMILES string of the molecule is CCNc1cc(C)nc(N2CCN(C(=O)c3cccc([N+](=O)[O-])c3)CC2)n1. The molecule has 9 heteroatoms. The summed E-state index contributed by atoms with van der Waals surface area (Å²) in [7, 11) is 0. The minimum atomic E-state index is -0.494. The van der Waals surface area contributed by atoms with E-state index in [0.29, 0.717) is 37.7 Å². The Kier molecular flexibility index (Phi) is 5.49. The molecule has 1 saturated heterocycles. The highest BCUT2D eigenvalue weighted by atomic mass is 16.6. The van der Waals surface area contributed by atoms with Crippen LogP contribution in [0.15, 0.2) is 30.3 Å². The molecule has 0 aliphatic carbocycles. The van der Waals surface area contributed by atoms with Crippen LogP contribution < -0.4 is 10.2 Å². The van der Waals surface area contributed by atoms with Gasteiger partial charge in [-0.3, -0.25) is 14.9 Å². The first-order valence-electron chi connectivity index (χ1n) is 8.86. The maximum absolute atomic E-state index is 12.7. The van der Waals surface area contributed by atoms with Gasteiger partial charge in [0.1, 0.15) is 5.82 Å². The third-order valence-electron chi connectivity index (χ3n) is 4.35. The number of non-ortho nitro benzene ring substituents is 1. The van der Waals surface area contributed by atoms with Crippen LogP contribution in [0, 0.1) is 17.0 Å². The zero-order chi connectivity index (χ0) is 19.4. The molecule has 1 N–H and O–H groups in total. The molecule has 2 aromatic rings. The van der Waals surface area contributed by atoms with E-state index in [1.807, 2.05) is 24.8 Å². The topological polar surface area (TPSA) is 105 Å². The van der Waals surface area contributed by atoms with Gasteiger partial charge >= 0.3 is 0 Å². The monoisotopic (exact) mass is 370 g/mol. The fourth-order valence-electron chi connectivity index (χ4n) is 3.01. The number of carbonyl (C=O) groups excluding carboxylic acids is 1. The van der Waals surface area contributed by atoms with Crippen LogP contribution in [0.4, 0.5) is 17.5 Å². The molecule has 1 amide bonds. The number of nitro groups is 1. The van der Waals surface area contributed by atoms with E-state index >= 15 is 0 Å². The van der Waals surface area contributed by atoms with Gasteiger partial charge in [0.25, 0.3) is 11.6 Å². The fourth-order valence-corrected chi connectivity index (χ4v) is 3.01. The molecule has 0 saturated carbocycles. The summed E-state index contributed by atoms with van der Waals surface area (Å²) in [5.41, 5.74) is 1.13. The van der Waals surface area contributed by atoms with Crippen molar-refractivity contribution in [1.82, 2.24) is 14.9 Å². The first-order valence-corrected chi connectivity index (χ1v) is 8.86. The predicted molar refractivity (Wildman–Crippen MR) is 102 cm³/mol. The van der Waals surface area contributed by atoms with Crippen molar-refractivity contribution < 1.29 is 9.72 Å². The lowest BCUT2D eigenvalue weighted by Gasteiger charge is -2.35. The molecule has 1 aliphatic rings. The van der Waals surface area contributed by atoms with Gasteiger partial charge in [0.05, 0.1) is 4.92 Å². The molecule has 142 valence electrons. The molecule has 0 atom stereocenters. The molecule has 1 fully saturated rings. The molecule has 27 heavy (non-hydrogen) atoms. The highest BCUT2D eigenvalue weighted by Crippen LogP contribution is 2.18. The van der Waals surface area contributed by atoms with Crippen LogP contribution in [0.25, 0.3) is 0 Å². The van der Waals surface area contributed by atoms with Gasteiger partial charge in [0, 0.05) is 62.2 Å². The number of piperazine rings is 1. The number of nitrogens with one attached hydrogen (secondary N) is 1. The third kappa shape index (κ3) is 4.30. The summed E-state index contributed by atoms with van der Waals surface area (Å²) in [6, 6.07) is 7.74. The van der Waals surface area contributed by atoms with Crippen molar-refractivity contribution in [3.05, 3.63) is 51.7 Å². The summed E-state index contributed by atoms with van der Waals surface area (Å²) in [6.45, 7) is 6.95. The zero-order valence-corrected chi connectivity index (χ0v) is 15.4. The highest BCUT2D eigenvalue weighted by Gasteiger charge is 2.24. The number of amides is 1. The Morgan fingerprint density at radius 1 is 1.22 bits per heavy atom. The van der Waals surface area contributed by atoms with Crippen LogP contribution in [0.5, 0.6) is 0 Å². The Balaban J connectivity index is 1.67. The molecule has 0 bridgehead atoms. The molecule has 3 rings (SSSR count). The van der Waals surface area contributed by atoms with E-state index in [2.05, 4.69) is 15.3 Å². The highest BCUT2D eigenvalue weighted by molar-refractivity contribution is 5.95. The van der Waals surface area contributed by atoms with E-state index in [0.717, 1.165) is 18.1 Å². The molecule has 9 nitrogen and oxygen atoms in total. The van der Waals surface area contributed by atoms with Gasteiger partial charge in [-0.1, -0.05) is 6.07 Å². The lowest BCUT2D eigenvalue weighted by molar-refractivity contribution is -0.384. The predicted octanol–water partition coefficient (Wildman–Crippen LogP) is 2.09. The van der Waals surface area contributed by atoms with Crippen LogP contribution in [0.2, 0.25) is 0 Å². The molecule has 0 spiro atoms. The number of nitro benzene ring substituents is 1. The summed E-state index contributed by atoms with van der Waals surface area (Å²) in [6.07, 6.45) is 0. The van der Waals surface area contributed by atoms with Crippen LogP contribution >= 0.6 is 0 Å². The normalized spacial score (nSPS) is 14.1. The summed E-state index contributed by atoms with van der Waals surface area (Å²) in [5.74, 6) is 1.24. The number of hydrogen-bond acceptors (Lipinski definition) is 7. The van der Waals surface area contributed by atoms with E-state index in [1.54, 1.807) is 11.0 Å². The number of aryl methyl sites for hydroxylation is 1. The first-order chi connectivity index (χ1) is 13.0. The smallest absolute Gasteiger partial charge is 0.270 e. The van der Waals surface area contributed by atoms with Gasteiger partial charge < -0.3 is 15.1 Å². The number of benzene rings is 1. The van der Waals surface area contributed by atoms with Crippen molar-refractivity contribution in [2.24, 2.45) is 0 Å². The Hall–Kier alpha value is -3.23. The summed E-state index contributed by atoms with van der Waals surface area (Å²) < 4.78 is 0. The van der Waals surface area contributed by atoms with Crippen molar-refractivity contribution in [2.45, 2.75) is 13.8 Å². The summed E-state index contributed by atoms with van der Waals surface area (Å²) >= 11 is 0. The van der Waals surface area contributed by atoms with Crippen LogP contribution in [-0.4, -0.2) is 58.4 Å². The van der Waals surface area contributed by atoms with E-state index in [9.17, 15) is 14.9 Å². The molecule has 1 aliphatic heterocycles. The minimum Gasteiger partial charge on any atom is -0.370 e. The van der Waals surface area contributed by atoms with Gasteiger partial charge in [0.15, 0.2) is 0 Å². The van der Waals surface area contributed by atoms with Gasteiger partial charge in [0.2, 0.25) is 5.95 Å². The van der Waals surface area contributed by atoms with Crippen molar-refractivity contribution >= 4 is 23.4 Å². The molecule has 0 unspecified atom stereocenters. The van der Waals surface area contributed by atoms with Crippen LogP contribution in [0.1, 0.15) is 23.0 Å². The van der Waals surface area contributed by atoms with E-state index in [4.69, 9.17) is 0 Å². The third-order valence-corrected chi connectivity index (χ3v) is 4.35. The van der Waals surface area contributed by atoms with E-state index in [-0.39, 0.29) is 11.6 Å². The second-order valence-corrected chi connectivity index (χ2v) is 6.31. The Morgan fingerprint density at radius 2 is 1.96 bits per heavy atom. The largest absolute Gasteiger partial charge is 0.370 e. The molecular weight excluding hydrogens is 348 g/mol. The second-order valence-electron chi connectivity index (χ2n) is 6.31. The second kappa shape index (κ2) is 7.98. The van der Waals surface area contributed by atoms with Crippen molar-refractivity contribution in [3.8, 4) is 0 Å². The average Bonchev–Trinajstić information content (AvgIpc) is 2.67. The zero-order valence-electron chi connectivity index (χ0n) is 15.4. The Labute approximate surface area is 157 Å². The van der Waals surface area contributed by atoms with Crippen molar-refractivity contribution in [3.63, 3.8) is 0 Å². The molecular formula is C18H22N6O3. The van der Waals surface area contributed by atoms with Crippen LogP contribution in [0.3, 0.4) is 0 Å². The summed E-state index contributed by atoms with van der Waals surface area (Å²) in [5, 5.41) is 14.1. The van der Waals surface area contributed by atoms with Gasteiger partial charge in [-0.15, -0.1) is 0 Å². The van der Waals surface area contributed by atoms with Gasteiger partial charge in [-0.25, -0.2) is 4.98 Å². The van der Waals surface area contributed by atoms with E-state index in [1.165, 1.54) is 18.2 Å². The quantitative estimate of drug-likeness (QED) is 0.635. The number of carbonyl (C=O) groups is 1. The van der Waals surface area contributed by atoms with Crippen molar-refractivity contribution in [1.29, 1.82) is 0 Å². The fraction of sp³-hybridized carbons (Fsp3) is 0.389. The molecule has 1 aromatic carbocycles.